The van der Waals surface area contributed by atoms with E-state index in [1.807, 2.05) is 18.2 Å². The van der Waals surface area contributed by atoms with Crippen molar-refractivity contribution in [3.05, 3.63) is 71.9 Å². The molecule has 0 aliphatic carbocycles. The van der Waals surface area contributed by atoms with Gasteiger partial charge in [0.05, 0.1) is 6.21 Å². The number of anilines is 1. The summed E-state index contributed by atoms with van der Waals surface area (Å²) < 4.78 is 0. The number of rotatable bonds is 6. The van der Waals surface area contributed by atoms with Crippen LogP contribution >= 0.6 is 11.8 Å². The zero-order chi connectivity index (χ0) is 17.5. The number of phenols is 2. The van der Waals surface area contributed by atoms with Crippen molar-refractivity contribution in [2.45, 2.75) is 10.9 Å². The number of aromatic hydroxyl groups is 2. The molecule has 0 atom stereocenters. The van der Waals surface area contributed by atoms with Crippen LogP contribution in [0.3, 0.4) is 0 Å². The van der Waals surface area contributed by atoms with Crippen molar-refractivity contribution in [3.63, 3.8) is 0 Å². The minimum absolute atomic E-state index is 0.00140. The number of benzene rings is 2. The van der Waals surface area contributed by atoms with E-state index in [-0.39, 0.29) is 11.5 Å². The molecule has 0 saturated carbocycles. The average molecular weight is 352 g/mol. The number of nitrogens with zero attached hydrogens (tertiary/aromatic N) is 3. The van der Waals surface area contributed by atoms with Crippen molar-refractivity contribution in [2.24, 2.45) is 5.10 Å². The van der Waals surface area contributed by atoms with E-state index in [0.29, 0.717) is 16.5 Å². The highest BCUT2D eigenvalue weighted by Crippen LogP contribution is 2.21. The molecule has 6 nitrogen and oxygen atoms in total. The van der Waals surface area contributed by atoms with E-state index in [1.54, 1.807) is 18.3 Å². The Morgan fingerprint density at radius 1 is 1.08 bits per heavy atom. The summed E-state index contributed by atoms with van der Waals surface area (Å²) in [5.41, 5.74) is 4.49. The van der Waals surface area contributed by atoms with Gasteiger partial charge in [-0.2, -0.15) is 5.10 Å². The highest BCUT2D eigenvalue weighted by Gasteiger charge is 2.02. The Labute approximate surface area is 149 Å². The maximum absolute atomic E-state index is 9.70. The van der Waals surface area contributed by atoms with Gasteiger partial charge in [0.1, 0.15) is 11.5 Å². The van der Waals surface area contributed by atoms with E-state index >= 15 is 0 Å². The van der Waals surface area contributed by atoms with Gasteiger partial charge in [0.2, 0.25) is 0 Å². The van der Waals surface area contributed by atoms with Gasteiger partial charge in [0, 0.05) is 29.6 Å². The quantitative estimate of drug-likeness (QED) is 0.272. The van der Waals surface area contributed by atoms with Gasteiger partial charge < -0.3 is 10.2 Å². The normalized spacial score (nSPS) is 10.9. The zero-order valence-corrected chi connectivity index (χ0v) is 14.0. The maximum Gasteiger partial charge on any atom is 0.189 e. The van der Waals surface area contributed by atoms with Crippen LogP contribution in [-0.2, 0) is 5.75 Å². The van der Waals surface area contributed by atoms with Crippen LogP contribution in [0, 0.1) is 0 Å². The molecule has 0 bridgehead atoms. The van der Waals surface area contributed by atoms with Crippen LogP contribution in [0.2, 0.25) is 0 Å². The molecule has 3 rings (SSSR count). The van der Waals surface area contributed by atoms with Crippen molar-refractivity contribution in [2.75, 3.05) is 5.43 Å². The lowest BCUT2D eigenvalue weighted by atomic mass is 10.2. The minimum atomic E-state index is -0.0488. The number of hydrogen-bond acceptors (Lipinski definition) is 7. The molecule has 0 fully saturated rings. The van der Waals surface area contributed by atoms with Gasteiger partial charge in [-0.3, -0.25) is 5.43 Å². The third kappa shape index (κ3) is 4.95. The Bertz CT molecular complexity index is 872. The van der Waals surface area contributed by atoms with Crippen molar-refractivity contribution in [3.8, 4) is 11.5 Å². The smallest absolute Gasteiger partial charge is 0.189 e. The van der Waals surface area contributed by atoms with Crippen molar-refractivity contribution >= 4 is 23.8 Å². The van der Waals surface area contributed by atoms with Crippen LogP contribution in [0.5, 0.6) is 11.5 Å². The van der Waals surface area contributed by atoms with Crippen LogP contribution in [0.4, 0.5) is 5.82 Å². The topological polar surface area (TPSA) is 90.6 Å². The predicted octanol–water partition coefficient (Wildman–Crippen LogP) is 3.63. The Morgan fingerprint density at radius 3 is 2.72 bits per heavy atom. The third-order valence-corrected chi connectivity index (χ3v) is 4.17. The molecule has 1 aromatic heterocycles. The van der Waals surface area contributed by atoms with Crippen LogP contribution < -0.4 is 5.43 Å². The first-order valence-electron chi connectivity index (χ1n) is 7.51. The van der Waals surface area contributed by atoms with Gasteiger partial charge >= 0.3 is 0 Å². The number of aromatic nitrogens is 2. The van der Waals surface area contributed by atoms with Crippen molar-refractivity contribution in [1.82, 2.24) is 9.97 Å². The van der Waals surface area contributed by atoms with E-state index in [0.717, 1.165) is 5.75 Å². The standard InChI is InChI=1S/C18H16N4O2S/c23-15-7-6-14(16(24)10-15)11-20-22-17-8-9-19-18(21-17)25-12-13-4-2-1-3-5-13/h1-11,23-24H,12H2,(H,19,21,22). The monoisotopic (exact) mass is 352 g/mol. The summed E-state index contributed by atoms with van der Waals surface area (Å²) in [6.45, 7) is 0. The molecule has 7 heteroatoms. The van der Waals surface area contributed by atoms with Crippen molar-refractivity contribution in [1.29, 1.82) is 0 Å². The van der Waals surface area contributed by atoms with Gasteiger partial charge in [-0.15, -0.1) is 0 Å². The van der Waals surface area contributed by atoms with Crippen molar-refractivity contribution < 1.29 is 10.2 Å². The summed E-state index contributed by atoms with van der Waals surface area (Å²) in [4.78, 5) is 8.62. The minimum Gasteiger partial charge on any atom is -0.508 e. The molecular weight excluding hydrogens is 336 g/mol. The first-order chi connectivity index (χ1) is 12.2. The fraction of sp³-hybridized carbons (Fsp3) is 0.0556. The molecule has 126 valence electrons. The lowest BCUT2D eigenvalue weighted by molar-refractivity contribution is 0.450. The Hall–Kier alpha value is -3.06. The van der Waals surface area contributed by atoms with E-state index in [9.17, 15) is 10.2 Å². The van der Waals surface area contributed by atoms with Gasteiger partial charge in [-0.25, -0.2) is 9.97 Å². The summed E-state index contributed by atoms with van der Waals surface area (Å²) in [5.74, 6) is 1.29. The molecular formula is C18H16N4O2S. The summed E-state index contributed by atoms with van der Waals surface area (Å²) in [7, 11) is 0. The summed E-state index contributed by atoms with van der Waals surface area (Å²) >= 11 is 1.54. The zero-order valence-electron chi connectivity index (χ0n) is 13.2. The first kappa shape index (κ1) is 16.8. The second-order valence-corrected chi connectivity index (χ2v) is 6.05. The van der Waals surface area contributed by atoms with E-state index in [4.69, 9.17) is 0 Å². The number of phenolic OH excluding ortho intramolecular Hbond substituents is 2. The molecule has 0 saturated heterocycles. The van der Waals surface area contributed by atoms with Crippen LogP contribution in [0.1, 0.15) is 11.1 Å². The summed E-state index contributed by atoms with van der Waals surface area (Å²) in [6.07, 6.45) is 3.11. The van der Waals surface area contributed by atoms with Crippen LogP contribution in [0.25, 0.3) is 0 Å². The molecule has 0 amide bonds. The van der Waals surface area contributed by atoms with E-state index in [1.165, 1.54) is 35.7 Å². The number of thioether (sulfide) groups is 1. The van der Waals surface area contributed by atoms with Crippen LogP contribution in [0.15, 0.2) is 71.1 Å². The fourth-order valence-electron chi connectivity index (χ4n) is 2.00. The molecule has 0 spiro atoms. The highest BCUT2D eigenvalue weighted by atomic mass is 32.2. The SMILES string of the molecule is Oc1ccc(C=NNc2ccnc(SCc3ccccc3)n2)c(O)c1. The van der Waals surface area contributed by atoms with Gasteiger partial charge in [0.15, 0.2) is 11.0 Å². The molecule has 25 heavy (non-hydrogen) atoms. The first-order valence-corrected chi connectivity index (χ1v) is 8.50. The third-order valence-electron chi connectivity index (χ3n) is 3.24. The predicted molar refractivity (Wildman–Crippen MR) is 99.0 cm³/mol. The Balaban J connectivity index is 1.60. The largest absolute Gasteiger partial charge is 0.508 e. The second-order valence-electron chi connectivity index (χ2n) is 5.11. The molecule has 3 N–H and O–H groups in total. The highest BCUT2D eigenvalue weighted by molar-refractivity contribution is 7.98. The van der Waals surface area contributed by atoms with Crippen LogP contribution in [-0.4, -0.2) is 26.4 Å². The van der Waals surface area contributed by atoms with Gasteiger partial charge in [-0.05, 0) is 17.7 Å². The van der Waals surface area contributed by atoms with E-state index in [2.05, 4.69) is 32.6 Å². The summed E-state index contributed by atoms with van der Waals surface area (Å²) in [6, 6.07) is 16.1. The molecule has 3 aromatic rings. The lowest BCUT2D eigenvalue weighted by Crippen LogP contribution is -1.96. The molecule has 0 aliphatic rings. The van der Waals surface area contributed by atoms with Gasteiger partial charge in [0.25, 0.3) is 0 Å². The maximum atomic E-state index is 9.70. The molecule has 0 radical (unpaired) electrons. The number of nitrogens with one attached hydrogen (secondary N) is 1. The Kier molecular flexibility index (Phi) is 5.48. The fourth-order valence-corrected chi connectivity index (χ4v) is 2.79. The average Bonchev–Trinajstić information content (AvgIpc) is 2.63. The van der Waals surface area contributed by atoms with E-state index < -0.39 is 0 Å². The lowest BCUT2D eigenvalue weighted by Gasteiger charge is -2.03. The molecule has 2 aromatic carbocycles. The number of hydrazone groups is 1. The second kappa shape index (κ2) is 8.16. The Morgan fingerprint density at radius 2 is 1.92 bits per heavy atom. The summed E-state index contributed by atoms with van der Waals surface area (Å²) in [5, 5.41) is 23.7. The number of hydrogen-bond donors (Lipinski definition) is 3. The molecule has 0 unspecified atom stereocenters. The molecule has 0 aliphatic heterocycles. The molecule has 1 heterocycles. The van der Waals surface area contributed by atoms with Gasteiger partial charge in [-0.1, -0.05) is 42.1 Å².